The maximum atomic E-state index is 13.3. The molecule has 1 aliphatic rings. The Bertz CT molecular complexity index is 627. The molecule has 3 rings (SSSR count). The van der Waals surface area contributed by atoms with Gasteiger partial charge in [0.1, 0.15) is 0 Å². The molecule has 1 N–H and O–H groups in total. The van der Waals surface area contributed by atoms with Crippen molar-refractivity contribution in [1.82, 2.24) is 5.32 Å². The molecule has 2 atom stereocenters. The number of halogens is 3. The van der Waals surface area contributed by atoms with E-state index in [2.05, 4.69) is 5.32 Å². The number of rotatable bonds is 2. The molecule has 2 unspecified atom stereocenters. The smallest absolute Gasteiger partial charge is 0.159 e. The first-order chi connectivity index (χ1) is 9.00. The lowest BCUT2D eigenvalue weighted by Crippen LogP contribution is -2.08. The molecule has 1 nitrogen and oxygen atoms in total. The van der Waals surface area contributed by atoms with Crippen LogP contribution in [0.4, 0.5) is 8.78 Å². The maximum Gasteiger partial charge on any atom is 0.159 e. The molecule has 0 aliphatic carbocycles. The Hall–Kier alpha value is -1.45. The predicted octanol–water partition coefficient (Wildman–Crippen LogP) is 4.18. The van der Waals surface area contributed by atoms with Crippen molar-refractivity contribution in [3.63, 3.8) is 0 Å². The van der Waals surface area contributed by atoms with Crippen LogP contribution < -0.4 is 5.32 Å². The molecular weight excluding hydrogens is 268 g/mol. The summed E-state index contributed by atoms with van der Waals surface area (Å²) < 4.78 is 26.3. The Kier molecular flexibility index (Phi) is 2.84. The summed E-state index contributed by atoms with van der Waals surface area (Å²) in [5.41, 5.74) is 1.46. The first-order valence-electron chi connectivity index (χ1n) is 5.99. The van der Waals surface area contributed by atoms with Crippen LogP contribution in [0.2, 0.25) is 5.02 Å². The van der Waals surface area contributed by atoms with Crippen molar-refractivity contribution in [1.29, 1.82) is 0 Å². The summed E-state index contributed by atoms with van der Waals surface area (Å²) in [4.78, 5) is 0. The predicted molar refractivity (Wildman–Crippen MR) is 71.0 cm³/mol. The quantitative estimate of drug-likeness (QED) is 0.819. The summed E-state index contributed by atoms with van der Waals surface area (Å²) in [5, 5.41) is 3.99. The van der Waals surface area contributed by atoms with Crippen molar-refractivity contribution in [2.24, 2.45) is 0 Å². The van der Waals surface area contributed by atoms with E-state index in [0.717, 1.165) is 17.2 Å². The van der Waals surface area contributed by atoms with Crippen LogP contribution in [0.15, 0.2) is 42.5 Å². The van der Waals surface area contributed by atoms with Gasteiger partial charge in [-0.05, 0) is 42.3 Å². The molecule has 2 aromatic rings. The van der Waals surface area contributed by atoms with Gasteiger partial charge in [0.2, 0.25) is 0 Å². The molecule has 1 heterocycles. The lowest BCUT2D eigenvalue weighted by atomic mass is 9.93. The van der Waals surface area contributed by atoms with Crippen LogP contribution in [0.1, 0.15) is 24.1 Å². The lowest BCUT2D eigenvalue weighted by molar-refractivity contribution is 0.504. The van der Waals surface area contributed by atoms with Crippen molar-refractivity contribution in [3.05, 3.63) is 70.2 Å². The fraction of sp³-hybridized carbons (Fsp3) is 0.200. The second-order valence-corrected chi connectivity index (χ2v) is 5.40. The molecule has 1 saturated heterocycles. The molecule has 1 fully saturated rings. The molecule has 4 heteroatoms. The third-order valence-electron chi connectivity index (χ3n) is 3.66. The molecule has 1 aliphatic heterocycles. The van der Waals surface area contributed by atoms with Crippen molar-refractivity contribution in [2.45, 2.75) is 18.5 Å². The third kappa shape index (κ3) is 2.13. The minimum atomic E-state index is -0.823. The molecule has 19 heavy (non-hydrogen) atoms. The third-order valence-corrected chi connectivity index (χ3v) is 3.91. The van der Waals surface area contributed by atoms with E-state index in [1.165, 1.54) is 6.07 Å². The highest BCUT2D eigenvalue weighted by Crippen LogP contribution is 2.48. The van der Waals surface area contributed by atoms with E-state index >= 15 is 0 Å². The number of benzene rings is 2. The summed E-state index contributed by atoms with van der Waals surface area (Å²) in [6.07, 6.45) is 0. The Labute approximate surface area is 115 Å². The number of nitrogens with one attached hydrogen (secondary N) is 1. The fourth-order valence-electron chi connectivity index (χ4n) is 2.40. The van der Waals surface area contributed by atoms with Gasteiger partial charge in [-0.25, -0.2) is 8.78 Å². The Morgan fingerprint density at radius 2 is 1.74 bits per heavy atom. The second kappa shape index (κ2) is 4.29. The van der Waals surface area contributed by atoms with Crippen molar-refractivity contribution < 1.29 is 8.78 Å². The molecule has 0 saturated carbocycles. The fourth-order valence-corrected chi connectivity index (χ4v) is 2.53. The first kappa shape index (κ1) is 12.6. The minimum absolute atomic E-state index is 0.0922. The van der Waals surface area contributed by atoms with Gasteiger partial charge in [-0.1, -0.05) is 29.8 Å². The molecule has 0 radical (unpaired) electrons. The Morgan fingerprint density at radius 1 is 1.05 bits per heavy atom. The van der Waals surface area contributed by atoms with E-state index in [0.29, 0.717) is 5.02 Å². The highest BCUT2D eigenvalue weighted by molar-refractivity contribution is 6.30. The van der Waals surface area contributed by atoms with Gasteiger partial charge in [-0.3, -0.25) is 5.32 Å². The number of hydrogen-bond donors (Lipinski definition) is 1. The first-order valence-corrected chi connectivity index (χ1v) is 6.37. The van der Waals surface area contributed by atoms with Crippen molar-refractivity contribution >= 4 is 11.6 Å². The minimum Gasteiger partial charge on any atom is -0.297 e. The van der Waals surface area contributed by atoms with Crippen LogP contribution in [0.3, 0.4) is 0 Å². The van der Waals surface area contributed by atoms with Gasteiger partial charge in [0.25, 0.3) is 0 Å². The van der Waals surface area contributed by atoms with Crippen molar-refractivity contribution in [3.8, 4) is 0 Å². The summed E-state index contributed by atoms with van der Waals surface area (Å²) in [6.45, 7) is 1.97. The van der Waals surface area contributed by atoms with Crippen LogP contribution in [0, 0.1) is 11.6 Å². The van der Waals surface area contributed by atoms with Crippen LogP contribution in [0.5, 0.6) is 0 Å². The molecule has 0 amide bonds. The topological polar surface area (TPSA) is 21.9 Å². The van der Waals surface area contributed by atoms with Gasteiger partial charge in [-0.2, -0.15) is 0 Å². The van der Waals surface area contributed by atoms with Crippen LogP contribution in [0.25, 0.3) is 0 Å². The zero-order valence-electron chi connectivity index (χ0n) is 10.3. The van der Waals surface area contributed by atoms with E-state index in [1.54, 1.807) is 6.07 Å². The molecule has 98 valence electrons. The van der Waals surface area contributed by atoms with E-state index in [1.807, 2.05) is 31.2 Å². The zero-order chi connectivity index (χ0) is 13.6. The van der Waals surface area contributed by atoms with Crippen LogP contribution in [-0.2, 0) is 5.54 Å². The lowest BCUT2D eigenvalue weighted by Gasteiger charge is -2.10. The second-order valence-electron chi connectivity index (χ2n) is 4.96. The molecule has 0 bridgehead atoms. The average Bonchev–Trinajstić information content (AvgIpc) is 3.07. The monoisotopic (exact) mass is 279 g/mol. The Balaban J connectivity index is 1.90. The molecule has 2 aromatic carbocycles. The normalized spacial score (nSPS) is 25.4. The van der Waals surface area contributed by atoms with Gasteiger partial charge in [0, 0.05) is 5.02 Å². The Morgan fingerprint density at radius 3 is 2.37 bits per heavy atom. The SMILES string of the molecule is CC1(c2ccc(F)c(F)c2)NC1c1ccc(Cl)cc1. The van der Waals surface area contributed by atoms with Gasteiger partial charge in [-0.15, -0.1) is 0 Å². The zero-order valence-corrected chi connectivity index (χ0v) is 11.0. The molecule has 0 aromatic heterocycles. The van der Waals surface area contributed by atoms with E-state index in [-0.39, 0.29) is 11.6 Å². The van der Waals surface area contributed by atoms with Gasteiger partial charge >= 0.3 is 0 Å². The van der Waals surface area contributed by atoms with E-state index < -0.39 is 11.6 Å². The summed E-state index contributed by atoms with van der Waals surface area (Å²) >= 11 is 5.85. The van der Waals surface area contributed by atoms with Gasteiger partial charge in [0.15, 0.2) is 11.6 Å². The molecular formula is C15H12ClF2N. The summed E-state index contributed by atoms with van der Waals surface area (Å²) in [6, 6.07) is 11.6. The van der Waals surface area contributed by atoms with Crippen molar-refractivity contribution in [2.75, 3.05) is 0 Å². The van der Waals surface area contributed by atoms with Gasteiger partial charge in [0.05, 0.1) is 11.6 Å². The van der Waals surface area contributed by atoms with Gasteiger partial charge < -0.3 is 0 Å². The van der Waals surface area contributed by atoms with E-state index in [9.17, 15) is 8.78 Å². The largest absolute Gasteiger partial charge is 0.297 e. The van der Waals surface area contributed by atoms with Crippen LogP contribution in [-0.4, -0.2) is 0 Å². The number of hydrogen-bond acceptors (Lipinski definition) is 1. The maximum absolute atomic E-state index is 13.3. The molecule has 0 spiro atoms. The summed E-state index contributed by atoms with van der Waals surface area (Å²) in [5.74, 6) is -1.64. The highest BCUT2D eigenvalue weighted by Gasteiger charge is 2.51. The van der Waals surface area contributed by atoms with Crippen LogP contribution >= 0.6 is 11.6 Å². The average molecular weight is 280 g/mol. The highest BCUT2D eigenvalue weighted by atomic mass is 35.5. The summed E-state index contributed by atoms with van der Waals surface area (Å²) in [7, 11) is 0. The van der Waals surface area contributed by atoms with E-state index in [4.69, 9.17) is 11.6 Å². The standard InChI is InChI=1S/C15H12ClF2N/c1-15(10-4-7-12(17)13(18)8-10)14(19-15)9-2-5-11(16)6-3-9/h2-8,14,19H,1H3.